The molecule has 0 spiro atoms. The summed E-state index contributed by atoms with van der Waals surface area (Å²) < 4.78 is 0. The van der Waals surface area contributed by atoms with E-state index in [0.717, 1.165) is 38.9 Å². The van der Waals surface area contributed by atoms with Crippen molar-refractivity contribution >= 4 is 5.91 Å². The summed E-state index contributed by atoms with van der Waals surface area (Å²) in [6.07, 6.45) is 7.07. The third-order valence-electron chi connectivity index (χ3n) is 3.86. The Kier molecular flexibility index (Phi) is 4.22. The summed E-state index contributed by atoms with van der Waals surface area (Å²) in [5.41, 5.74) is 0. The zero-order valence-corrected chi connectivity index (χ0v) is 10.4. The molecule has 0 aromatic heterocycles. The van der Waals surface area contributed by atoms with Gasteiger partial charge in [-0.2, -0.15) is 0 Å². The van der Waals surface area contributed by atoms with Gasteiger partial charge in [-0.25, -0.2) is 0 Å². The maximum absolute atomic E-state index is 12.2. The Bertz CT molecular complexity index is 232. The van der Waals surface area contributed by atoms with Gasteiger partial charge in [-0.05, 0) is 38.6 Å². The molecule has 1 N–H and O–H groups in total. The van der Waals surface area contributed by atoms with Crippen LogP contribution in [-0.4, -0.2) is 36.5 Å². The van der Waals surface area contributed by atoms with Gasteiger partial charge in [0.25, 0.3) is 0 Å². The molecule has 1 saturated carbocycles. The number of nitrogens with zero attached hydrogens (tertiary/aromatic N) is 1. The molecule has 0 aromatic rings. The molecule has 92 valence electrons. The van der Waals surface area contributed by atoms with Gasteiger partial charge in [-0.15, -0.1) is 0 Å². The van der Waals surface area contributed by atoms with Crippen LogP contribution in [0.1, 0.15) is 45.4 Å². The Morgan fingerprint density at radius 1 is 1.31 bits per heavy atom. The first-order valence-corrected chi connectivity index (χ1v) is 6.83. The summed E-state index contributed by atoms with van der Waals surface area (Å²) in [7, 11) is 0. The third-order valence-corrected chi connectivity index (χ3v) is 3.86. The standard InChI is InChI=1S/C13H24N2O/c1-2-9-15(10-12-7-4-8-14-12)13(16)11-5-3-6-11/h11-12,14H,2-10H2,1H3. The van der Waals surface area contributed by atoms with Crippen molar-refractivity contribution in [3.05, 3.63) is 0 Å². The molecule has 1 aliphatic heterocycles. The summed E-state index contributed by atoms with van der Waals surface area (Å²) in [5, 5.41) is 3.48. The van der Waals surface area contributed by atoms with Crippen molar-refractivity contribution in [2.45, 2.75) is 51.5 Å². The Labute approximate surface area is 98.6 Å². The van der Waals surface area contributed by atoms with Crippen LogP contribution in [0, 0.1) is 5.92 Å². The van der Waals surface area contributed by atoms with Crippen LogP contribution in [0.2, 0.25) is 0 Å². The second kappa shape index (κ2) is 5.67. The van der Waals surface area contributed by atoms with Crippen LogP contribution in [-0.2, 0) is 4.79 Å². The highest BCUT2D eigenvalue weighted by molar-refractivity contribution is 5.79. The first-order valence-electron chi connectivity index (χ1n) is 6.83. The van der Waals surface area contributed by atoms with Crippen LogP contribution in [0.15, 0.2) is 0 Å². The molecule has 2 fully saturated rings. The lowest BCUT2D eigenvalue weighted by Gasteiger charge is -2.33. The first kappa shape index (κ1) is 11.9. The molecule has 1 aliphatic carbocycles. The molecule has 1 heterocycles. The SMILES string of the molecule is CCCN(CC1CCCN1)C(=O)C1CCC1. The second-order valence-corrected chi connectivity index (χ2v) is 5.21. The van der Waals surface area contributed by atoms with E-state index >= 15 is 0 Å². The van der Waals surface area contributed by atoms with Crippen molar-refractivity contribution in [1.29, 1.82) is 0 Å². The van der Waals surface area contributed by atoms with Crippen LogP contribution >= 0.6 is 0 Å². The molecule has 1 saturated heterocycles. The van der Waals surface area contributed by atoms with Crippen molar-refractivity contribution in [3.8, 4) is 0 Å². The largest absolute Gasteiger partial charge is 0.341 e. The topological polar surface area (TPSA) is 32.3 Å². The van der Waals surface area contributed by atoms with E-state index in [2.05, 4.69) is 17.1 Å². The third kappa shape index (κ3) is 2.76. The first-order chi connectivity index (χ1) is 7.81. The fraction of sp³-hybridized carbons (Fsp3) is 0.923. The van der Waals surface area contributed by atoms with Crippen molar-refractivity contribution in [2.75, 3.05) is 19.6 Å². The van der Waals surface area contributed by atoms with E-state index in [0.29, 0.717) is 17.9 Å². The molecule has 0 bridgehead atoms. The van der Waals surface area contributed by atoms with Gasteiger partial charge in [0.1, 0.15) is 0 Å². The van der Waals surface area contributed by atoms with Crippen LogP contribution < -0.4 is 5.32 Å². The summed E-state index contributed by atoms with van der Waals surface area (Å²) in [6, 6.07) is 0.551. The average molecular weight is 224 g/mol. The van der Waals surface area contributed by atoms with Gasteiger partial charge in [0.05, 0.1) is 0 Å². The molecule has 2 aliphatic rings. The van der Waals surface area contributed by atoms with Gasteiger partial charge in [-0.1, -0.05) is 13.3 Å². The second-order valence-electron chi connectivity index (χ2n) is 5.21. The lowest BCUT2D eigenvalue weighted by molar-refractivity contribution is -0.138. The zero-order chi connectivity index (χ0) is 11.4. The smallest absolute Gasteiger partial charge is 0.225 e. The fourth-order valence-corrected chi connectivity index (χ4v) is 2.65. The van der Waals surface area contributed by atoms with Crippen molar-refractivity contribution < 1.29 is 4.79 Å². The summed E-state index contributed by atoms with van der Waals surface area (Å²) >= 11 is 0. The maximum Gasteiger partial charge on any atom is 0.225 e. The van der Waals surface area contributed by atoms with Gasteiger partial charge >= 0.3 is 0 Å². The van der Waals surface area contributed by atoms with Gasteiger partial charge in [0, 0.05) is 25.0 Å². The minimum Gasteiger partial charge on any atom is -0.341 e. The number of carbonyl (C=O) groups excluding carboxylic acids is 1. The van der Waals surface area contributed by atoms with E-state index in [-0.39, 0.29) is 0 Å². The zero-order valence-electron chi connectivity index (χ0n) is 10.4. The van der Waals surface area contributed by atoms with E-state index in [1.165, 1.54) is 19.3 Å². The van der Waals surface area contributed by atoms with Crippen molar-refractivity contribution in [3.63, 3.8) is 0 Å². The summed E-state index contributed by atoms with van der Waals surface area (Å²) in [5.74, 6) is 0.773. The number of amides is 1. The molecule has 16 heavy (non-hydrogen) atoms. The predicted molar refractivity (Wildman–Crippen MR) is 65.2 cm³/mol. The minimum atomic E-state index is 0.355. The van der Waals surface area contributed by atoms with E-state index < -0.39 is 0 Å². The van der Waals surface area contributed by atoms with E-state index in [4.69, 9.17) is 0 Å². The maximum atomic E-state index is 12.2. The van der Waals surface area contributed by atoms with E-state index in [9.17, 15) is 4.79 Å². The Morgan fingerprint density at radius 3 is 2.62 bits per heavy atom. The number of carbonyl (C=O) groups is 1. The fourth-order valence-electron chi connectivity index (χ4n) is 2.65. The van der Waals surface area contributed by atoms with Gasteiger partial charge in [0.2, 0.25) is 5.91 Å². The quantitative estimate of drug-likeness (QED) is 0.772. The molecular weight excluding hydrogens is 200 g/mol. The van der Waals surface area contributed by atoms with Crippen LogP contribution in [0.25, 0.3) is 0 Å². The Balaban J connectivity index is 1.84. The molecule has 3 heteroatoms. The number of nitrogens with one attached hydrogen (secondary N) is 1. The molecular formula is C13H24N2O. The lowest BCUT2D eigenvalue weighted by atomic mass is 9.84. The number of hydrogen-bond donors (Lipinski definition) is 1. The highest BCUT2D eigenvalue weighted by Crippen LogP contribution is 2.28. The van der Waals surface area contributed by atoms with Crippen LogP contribution in [0.4, 0.5) is 0 Å². The number of rotatable bonds is 5. The summed E-state index contributed by atoms with van der Waals surface area (Å²) in [4.78, 5) is 14.3. The highest BCUT2D eigenvalue weighted by Gasteiger charge is 2.30. The number of hydrogen-bond acceptors (Lipinski definition) is 2. The molecule has 0 aromatic carbocycles. The minimum absolute atomic E-state index is 0.355. The Hall–Kier alpha value is -0.570. The predicted octanol–water partition coefficient (Wildman–Crippen LogP) is 1.78. The molecule has 0 radical (unpaired) electrons. The monoisotopic (exact) mass is 224 g/mol. The van der Waals surface area contributed by atoms with Crippen LogP contribution in [0.5, 0.6) is 0 Å². The van der Waals surface area contributed by atoms with E-state index in [1.54, 1.807) is 0 Å². The average Bonchev–Trinajstić information content (AvgIpc) is 2.67. The van der Waals surface area contributed by atoms with Gasteiger partial charge in [0.15, 0.2) is 0 Å². The Morgan fingerprint density at radius 2 is 2.12 bits per heavy atom. The van der Waals surface area contributed by atoms with Gasteiger partial charge in [-0.3, -0.25) is 4.79 Å². The molecule has 1 amide bonds. The molecule has 3 nitrogen and oxygen atoms in total. The molecule has 2 rings (SSSR count). The van der Waals surface area contributed by atoms with E-state index in [1.807, 2.05) is 0 Å². The molecule has 1 atom stereocenters. The van der Waals surface area contributed by atoms with Crippen molar-refractivity contribution in [2.24, 2.45) is 5.92 Å². The summed E-state index contributed by atoms with van der Waals surface area (Å²) in [6.45, 7) is 5.15. The van der Waals surface area contributed by atoms with Crippen LogP contribution in [0.3, 0.4) is 0 Å². The molecule has 1 unspecified atom stereocenters. The van der Waals surface area contributed by atoms with Gasteiger partial charge < -0.3 is 10.2 Å². The van der Waals surface area contributed by atoms with Crippen molar-refractivity contribution in [1.82, 2.24) is 10.2 Å². The normalized spacial score (nSPS) is 25.4. The lowest BCUT2D eigenvalue weighted by Crippen LogP contribution is -2.45. The highest BCUT2D eigenvalue weighted by atomic mass is 16.2.